The van der Waals surface area contributed by atoms with E-state index in [1.807, 2.05) is 19.1 Å². The highest BCUT2D eigenvalue weighted by Gasteiger charge is 2.04. The molecular formula is C10H15N3O2. The van der Waals surface area contributed by atoms with Crippen molar-refractivity contribution in [1.82, 2.24) is 5.48 Å². The fourth-order valence-corrected chi connectivity index (χ4v) is 1.24. The third kappa shape index (κ3) is 3.57. The van der Waals surface area contributed by atoms with Crippen LogP contribution in [0.2, 0.25) is 0 Å². The number of hydroxylamine groups is 1. The van der Waals surface area contributed by atoms with Crippen LogP contribution in [0.15, 0.2) is 24.3 Å². The summed E-state index contributed by atoms with van der Waals surface area (Å²) in [5, 5.41) is 2.49. The van der Waals surface area contributed by atoms with E-state index in [2.05, 4.69) is 10.8 Å². The highest BCUT2D eigenvalue weighted by Crippen LogP contribution is 2.15. The lowest BCUT2D eigenvalue weighted by molar-refractivity contribution is 0.0659. The zero-order chi connectivity index (χ0) is 11.3. The van der Waals surface area contributed by atoms with Crippen molar-refractivity contribution in [3.63, 3.8) is 0 Å². The molecule has 0 heterocycles. The maximum atomic E-state index is 10.6. The predicted molar refractivity (Wildman–Crippen MR) is 58.2 cm³/mol. The molecule has 15 heavy (non-hydrogen) atoms. The Balaban J connectivity index is 2.67. The standard InChI is InChI=1S/C10H15N3O2/c1-7(13-15-2)8-3-5-9(6-4-8)12-10(11)14/h3-7,13H,1-2H3,(H3,11,12,14). The molecule has 0 aliphatic rings. The van der Waals surface area contributed by atoms with Crippen LogP contribution in [0.4, 0.5) is 10.5 Å². The molecule has 0 aliphatic carbocycles. The van der Waals surface area contributed by atoms with Crippen molar-refractivity contribution >= 4 is 11.7 Å². The Morgan fingerprint density at radius 2 is 2.00 bits per heavy atom. The quantitative estimate of drug-likeness (QED) is 0.656. The summed E-state index contributed by atoms with van der Waals surface area (Å²) in [6, 6.07) is 6.88. The highest BCUT2D eigenvalue weighted by molar-refractivity contribution is 5.87. The number of nitrogens with two attached hydrogens (primary N) is 1. The van der Waals surface area contributed by atoms with E-state index in [9.17, 15) is 4.79 Å². The van der Waals surface area contributed by atoms with Gasteiger partial charge in [-0.05, 0) is 24.6 Å². The Labute approximate surface area is 88.6 Å². The van der Waals surface area contributed by atoms with Crippen LogP contribution in [0.3, 0.4) is 0 Å². The molecule has 5 nitrogen and oxygen atoms in total. The number of benzene rings is 1. The van der Waals surface area contributed by atoms with Gasteiger partial charge in [-0.25, -0.2) is 4.79 Å². The zero-order valence-corrected chi connectivity index (χ0v) is 8.78. The summed E-state index contributed by atoms with van der Waals surface area (Å²) in [4.78, 5) is 15.4. The Kier molecular flexibility index (Phi) is 4.08. The Hall–Kier alpha value is -1.59. The minimum Gasteiger partial charge on any atom is -0.351 e. The number of hydrogen-bond acceptors (Lipinski definition) is 3. The molecule has 0 aliphatic heterocycles. The summed E-state index contributed by atoms with van der Waals surface area (Å²) < 4.78 is 0. The molecule has 0 spiro atoms. The van der Waals surface area contributed by atoms with E-state index in [0.29, 0.717) is 5.69 Å². The van der Waals surface area contributed by atoms with E-state index in [4.69, 9.17) is 10.6 Å². The second-order valence-electron chi connectivity index (χ2n) is 3.15. The first-order valence-electron chi connectivity index (χ1n) is 4.58. The average molecular weight is 209 g/mol. The predicted octanol–water partition coefficient (Wildman–Crippen LogP) is 1.39. The topological polar surface area (TPSA) is 76.4 Å². The van der Waals surface area contributed by atoms with E-state index < -0.39 is 6.03 Å². The van der Waals surface area contributed by atoms with E-state index in [0.717, 1.165) is 5.56 Å². The van der Waals surface area contributed by atoms with Crippen molar-refractivity contribution in [2.75, 3.05) is 12.4 Å². The molecule has 4 N–H and O–H groups in total. The van der Waals surface area contributed by atoms with E-state index in [-0.39, 0.29) is 6.04 Å². The monoisotopic (exact) mass is 209 g/mol. The van der Waals surface area contributed by atoms with Gasteiger partial charge in [-0.3, -0.25) is 0 Å². The van der Waals surface area contributed by atoms with Gasteiger partial charge < -0.3 is 15.9 Å². The molecule has 0 saturated carbocycles. The van der Waals surface area contributed by atoms with Gasteiger partial charge in [0.2, 0.25) is 0 Å². The van der Waals surface area contributed by atoms with Crippen molar-refractivity contribution in [1.29, 1.82) is 0 Å². The van der Waals surface area contributed by atoms with E-state index in [1.54, 1.807) is 19.2 Å². The van der Waals surface area contributed by atoms with E-state index >= 15 is 0 Å². The fourth-order valence-electron chi connectivity index (χ4n) is 1.24. The van der Waals surface area contributed by atoms with Crippen molar-refractivity contribution in [3.05, 3.63) is 29.8 Å². The van der Waals surface area contributed by atoms with Gasteiger partial charge in [-0.1, -0.05) is 12.1 Å². The smallest absolute Gasteiger partial charge is 0.316 e. The van der Waals surface area contributed by atoms with Crippen LogP contribution in [0.25, 0.3) is 0 Å². The molecule has 82 valence electrons. The molecule has 5 heteroatoms. The van der Waals surface area contributed by atoms with Gasteiger partial charge in [0, 0.05) is 5.69 Å². The molecule has 1 atom stereocenters. The lowest BCUT2D eigenvalue weighted by atomic mass is 10.1. The van der Waals surface area contributed by atoms with Gasteiger partial charge in [0.1, 0.15) is 0 Å². The Bertz CT molecular complexity index is 324. The first kappa shape index (κ1) is 11.5. The second kappa shape index (κ2) is 5.33. The maximum Gasteiger partial charge on any atom is 0.316 e. The number of anilines is 1. The summed E-state index contributed by atoms with van der Waals surface area (Å²) >= 11 is 0. The average Bonchev–Trinajstić information content (AvgIpc) is 2.18. The van der Waals surface area contributed by atoms with Crippen LogP contribution in [-0.4, -0.2) is 13.1 Å². The molecule has 0 aromatic heterocycles. The fraction of sp³-hybridized carbons (Fsp3) is 0.300. The SMILES string of the molecule is CONC(C)c1ccc(NC(N)=O)cc1. The number of nitrogens with one attached hydrogen (secondary N) is 2. The van der Waals surface area contributed by atoms with Gasteiger partial charge in [0.25, 0.3) is 0 Å². The molecule has 1 rings (SSSR count). The highest BCUT2D eigenvalue weighted by atomic mass is 16.6. The Morgan fingerprint density at radius 3 is 2.47 bits per heavy atom. The molecule has 0 bridgehead atoms. The third-order valence-electron chi connectivity index (χ3n) is 1.97. The van der Waals surface area contributed by atoms with Gasteiger partial charge >= 0.3 is 6.03 Å². The molecule has 2 amide bonds. The maximum absolute atomic E-state index is 10.6. The summed E-state index contributed by atoms with van der Waals surface area (Å²) in [6.07, 6.45) is 0. The van der Waals surface area contributed by atoms with Gasteiger partial charge in [-0.15, -0.1) is 0 Å². The minimum absolute atomic E-state index is 0.0950. The number of carbonyl (C=O) groups excluding carboxylic acids is 1. The van der Waals surface area contributed by atoms with Crippen LogP contribution >= 0.6 is 0 Å². The molecule has 1 unspecified atom stereocenters. The van der Waals surface area contributed by atoms with Crippen LogP contribution < -0.4 is 16.5 Å². The van der Waals surface area contributed by atoms with Gasteiger partial charge in [0.05, 0.1) is 13.2 Å². The first-order chi connectivity index (χ1) is 7.13. The molecule has 1 aromatic carbocycles. The van der Waals surface area contributed by atoms with Gasteiger partial charge in [0.15, 0.2) is 0 Å². The number of primary amides is 1. The number of rotatable bonds is 4. The van der Waals surface area contributed by atoms with Crippen LogP contribution in [0, 0.1) is 0 Å². The molecular weight excluding hydrogens is 194 g/mol. The summed E-state index contributed by atoms with van der Waals surface area (Å²) in [5.41, 5.74) is 9.54. The van der Waals surface area contributed by atoms with Crippen molar-refractivity contribution < 1.29 is 9.63 Å². The molecule has 0 radical (unpaired) electrons. The van der Waals surface area contributed by atoms with Gasteiger partial charge in [-0.2, -0.15) is 5.48 Å². The number of urea groups is 1. The lowest BCUT2D eigenvalue weighted by Crippen LogP contribution is -2.19. The lowest BCUT2D eigenvalue weighted by Gasteiger charge is -2.12. The largest absolute Gasteiger partial charge is 0.351 e. The number of carbonyl (C=O) groups is 1. The molecule has 1 aromatic rings. The second-order valence-corrected chi connectivity index (χ2v) is 3.15. The third-order valence-corrected chi connectivity index (χ3v) is 1.97. The first-order valence-corrected chi connectivity index (χ1v) is 4.58. The summed E-state index contributed by atoms with van der Waals surface area (Å²) in [6.45, 7) is 1.97. The summed E-state index contributed by atoms with van der Waals surface area (Å²) in [5.74, 6) is 0. The van der Waals surface area contributed by atoms with E-state index in [1.165, 1.54) is 0 Å². The van der Waals surface area contributed by atoms with Crippen LogP contribution in [0.1, 0.15) is 18.5 Å². The molecule has 0 saturated heterocycles. The number of hydrogen-bond donors (Lipinski definition) is 3. The minimum atomic E-state index is -0.564. The van der Waals surface area contributed by atoms with Crippen molar-refractivity contribution in [2.45, 2.75) is 13.0 Å². The summed E-state index contributed by atoms with van der Waals surface area (Å²) in [7, 11) is 1.57. The van der Waals surface area contributed by atoms with Crippen molar-refractivity contribution in [2.24, 2.45) is 5.73 Å². The zero-order valence-electron chi connectivity index (χ0n) is 8.78. The van der Waals surface area contributed by atoms with Crippen LogP contribution in [-0.2, 0) is 4.84 Å². The van der Waals surface area contributed by atoms with Crippen molar-refractivity contribution in [3.8, 4) is 0 Å². The molecule has 0 fully saturated rings. The van der Waals surface area contributed by atoms with Crippen LogP contribution in [0.5, 0.6) is 0 Å². The Morgan fingerprint density at radius 1 is 1.40 bits per heavy atom. The normalized spacial score (nSPS) is 12.1. The number of amides is 2.